The summed E-state index contributed by atoms with van der Waals surface area (Å²) in [6.07, 6.45) is 3.01. The van der Waals surface area contributed by atoms with Crippen molar-refractivity contribution in [2.75, 3.05) is 13.2 Å². The van der Waals surface area contributed by atoms with Crippen molar-refractivity contribution in [1.29, 1.82) is 0 Å². The summed E-state index contributed by atoms with van der Waals surface area (Å²) in [6.45, 7) is 2.21. The summed E-state index contributed by atoms with van der Waals surface area (Å²) in [5.74, 6) is -1.03. The van der Waals surface area contributed by atoms with Gasteiger partial charge in [-0.25, -0.2) is 9.59 Å². The van der Waals surface area contributed by atoms with Gasteiger partial charge in [0.1, 0.15) is 6.04 Å². The molecule has 0 aromatic heterocycles. The fourth-order valence-corrected chi connectivity index (χ4v) is 2.03. The summed E-state index contributed by atoms with van der Waals surface area (Å²) in [5, 5.41) is 20.5. The normalized spacial score (nSPS) is 22.0. The molecule has 1 rings (SSSR count). The Kier molecular flexibility index (Phi) is 5.21. The van der Waals surface area contributed by atoms with E-state index in [2.05, 4.69) is 5.32 Å². The highest BCUT2D eigenvalue weighted by Crippen LogP contribution is 2.16. The van der Waals surface area contributed by atoms with Gasteiger partial charge in [-0.1, -0.05) is 6.92 Å². The van der Waals surface area contributed by atoms with E-state index in [1.807, 2.05) is 0 Å². The van der Waals surface area contributed by atoms with Gasteiger partial charge in [-0.05, 0) is 25.7 Å². The Balaban J connectivity index is 2.58. The molecule has 1 heterocycles. The first kappa shape index (κ1) is 13.8. The lowest BCUT2D eigenvalue weighted by molar-refractivity contribution is -0.139. The van der Waals surface area contributed by atoms with Crippen LogP contribution in [0.3, 0.4) is 0 Å². The molecule has 1 aliphatic rings. The number of aliphatic carboxylic acids is 1. The van der Waals surface area contributed by atoms with Crippen LogP contribution < -0.4 is 5.32 Å². The Labute approximate surface area is 101 Å². The number of carbonyl (C=O) groups excluding carboxylic acids is 1. The molecule has 0 radical (unpaired) electrons. The van der Waals surface area contributed by atoms with Gasteiger partial charge in [0.25, 0.3) is 0 Å². The second kappa shape index (κ2) is 6.44. The number of piperidine rings is 1. The number of hydrogen-bond acceptors (Lipinski definition) is 3. The van der Waals surface area contributed by atoms with E-state index in [0.29, 0.717) is 13.0 Å². The summed E-state index contributed by atoms with van der Waals surface area (Å²) in [6, 6.07) is -1.43. The molecule has 6 heteroatoms. The number of nitrogens with zero attached hydrogens (tertiary/aromatic N) is 1. The van der Waals surface area contributed by atoms with Crippen LogP contribution in [0, 0.1) is 0 Å². The molecule has 0 spiro atoms. The van der Waals surface area contributed by atoms with E-state index in [-0.39, 0.29) is 12.6 Å². The second-order valence-electron chi connectivity index (χ2n) is 4.27. The fraction of sp³-hybridized carbons (Fsp3) is 0.818. The molecule has 2 atom stereocenters. The molecule has 17 heavy (non-hydrogen) atoms. The molecule has 1 saturated heterocycles. The van der Waals surface area contributed by atoms with Gasteiger partial charge in [0, 0.05) is 6.54 Å². The van der Waals surface area contributed by atoms with Crippen molar-refractivity contribution < 1.29 is 19.8 Å². The van der Waals surface area contributed by atoms with Gasteiger partial charge < -0.3 is 20.4 Å². The predicted octanol–water partition coefficient (Wildman–Crippen LogP) is 0.406. The molecule has 6 nitrogen and oxygen atoms in total. The van der Waals surface area contributed by atoms with Crippen LogP contribution in [0.15, 0.2) is 0 Å². The Morgan fingerprint density at radius 2 is 2.18 bits per heavy atom. The zero-order chi connectivity index (χ0) is 12.8. The largest absolute Gasteiger partial charge is 0.480 e. The third kappa shape index (κ3) is 3.59. The SMILES string of the molecule is CC[C@H](NC(=O)N1CCCCC1CO)C(=O)O. The number of nitrogens with one attached hydrogen (secondary N) is 1. The van der Waals surface area contributed by atoms with Crippen molar-refractivity contribution in [3.8, 4) is 0 Å². The van der Waals surface area contributed by atoms with E-state index in [0.717, 1.165) is 19.3 Å². The minimum Gasteiger partial charge on any atom is -0.480 e. The monoisotopic (exact) mass is 244 g/mol. The number of carbonyl (C=O) groups is 2. The molecule has 0 aromatic rings. The summed E-state index contributed by atoms with van der Waals surface area (Å²) in [4.78, 5) is 24.2. The smallest absolute Gasteiger partial charge is 0.326 e. The number of rotatable bonds is 4. The number of hydrogen-bond donors (Lipinski definition) is 3. The zero-order valence-electron chi connectivity index (χ0n) is 10.1. The van der Waals surface area contributed by atoms with Gasteiger partial charge in [0.15, 0.2) is 0 Å². The van der Waals surface area contributed by atoms with Crippen LogP contribution in [0.2, 0.25) is 0 Å². The Bertz CT molecular complexity index is 283. The summed E-state index contributed by atoms with van der Waals surface area (Å²) >= 11 is 0. The van der Waals surface area contributed by atoms with Crippen molar-refractivity contribution in [3.63, 3.8) is 0 Å². The van der Waals surface area contributed by atoms with E-state index >= 15 is 0 Å². The summed E-state index contributed by atoms with van der Waals surface area (Å²) in [5.41, 5.74) is 0. The van der Waals surface area contributed by atoms with Crippen LogP contribution in [-0.2, 0) is 4.79 Å². The topological polar surface area (TPSA) is 89.9 Å². The van der Waals surface area contributed by atoms with Gasteiger partial charge in [-0.3, -0.25) is 0 Å². The molecule has 3 N–H and O–H groups in total. The molecule has 0 aliphatic carbocycles. The molecule has 0 bridgehead atoms. The lowest BCUT2D eigenvalue weighted by Crippen LogP contribution is -2.53. The van der Waals surface area contributed by atoms with Crippen LogP contribution in [0.1, 0.15) is 32.6 Å². The number of carboxylic acid groups (broad SMARTS) is 1. The number of amides is 2. The fourth-order valence-electron chi connectivity index (χ4n) is 2.03. The van der Waals surface area contributed by atoms with Crippen molar-refractivity contribution in [1.82, 2.24) is 10.2 Å². The van der Waals surface area contributed by atoms with Crippen molar-refractivity contribution in [2.45, 2.75) is 44.7 Å². The predicted molar refractivity (Wildman–Crippen MR) is 61.7 cm³/mol. The van der Waals surface area contributed by atoms with Gasteiger partial charge in [-0.2, -0.15) is 0 Å². The number of aliphatic hydroxyl groups excluding tert-OH is 1. The van der Waals surface area contributed by atoms with Crippen molar-refractivity contribution in [3.05, 3.63) is 0 Å². The lowest BCUT2D eigenvalue weighted by atomic mass is 10.0. The minimum atomic E-state index is -1.03. The molecular formula is C11H20N2O4. The van der Waals surface area contributed by atoms with Crippen LogP contribution in [0.4, 0.5) is 4.79 Å². The van der Waals surface area contributed by atoms with Crippen LogP contribution in [0.5, 0.6) is 0 Å². The highest BCUT2D eigenvalue weighted by Gasteiger charge is 2.28. The first-order valence-corrected chi connectivity index (χ1v) is 6.01. The molecule has 2 amide bonds. The lowest BCUT2D eigenvalue weighted by Gasteiger charge is -2.35. The van der Waals surface area contributed by atoms with Crippen molar-refractivity contribution >= 4 is 12.0 Å². The Hall–Kier alpha value is -1.30. The maximum absolute atomic E-state index is 11.9. The highest BCUT2D eigenvalue weighted by atomic mass is 16.4. The zero-order valence-corrected chi connectivity index (χ0v) is 10.1. The first-order chi connectivity index (χ1) is 8.10. The second-order valence-corrected chi connectivity index (χ2v) is 4.27. The van der Waals surface area contributed by atoms with Crippen molar-refractivity contribution in [2.24, 2.45) is 0 Å². The van der Waals surface area contributed by atoms with E-state index in [9.17, 15) is 14.7 Å². The average molecular weight is 244 g/mol. The number of likely N-dealkylation sites (tertiary alicyclic amines) is 1. The Morgan fingerprint density at radius 1 is 1.47 bits per heavy atom. The van der Waals surface area contributed by atoms with Gasteiger partial charge in [0.05, 0.1) is 12.6 Å². The third-order valence-electron chi connectivity index (χ3n) is 3.10. The summed E-state index contributed by atoms with van der Waals surface area (Å²) < 4.78 is 0. The maximum atomic E-state index is 11.9. The number of aliphatic hydroxyl groups is 1. The highest BCUT2D eigenvalue weighted by molar-refractivity contribution is 5.82. The van der Waals surface area contributed by atoms with E-state index in [1.165, 1.54) is 4.90 Å². The van der Waals surface area contributed by atoms with E-state index in [4.69, 9.17) is 5.11 Å². The molecule has 1 fully saturated rings. The molecule has 1 unspecified atom stereocenters. The van der Waals surface area contributed by atoms with Crippen LogP contribution in [-0.4, -0.2) is 52.3 Å². The quantitative estimate of drug-likeness (QED) is 0.668. The molecule has 98 valence electrons. The first-order valence-electron chi connectivity index (χ1n) is 6.01. The summed E-state index contributed by atoms with van der Waals surface area (Å²) in [7, 11) is 0. The maximum Gasteiger partial charge on any atom is 0.326 e. The van der Waals surface area contributed by atoms with Crippen LogP contribution in [0.25, 0.3) is 0 Å². The average Bonchev–Trinajstić information content (AvgIpc) is 2.35. The van der Waals surface area contributed by atoms with E-state index < -0.39 is 18.0 Å². The third-order valence-corrected chi connectivity index (χ3v) is 3.10. The molecule has 1 aliphatic heterocycles. The van der Waals surface area contributed by atoms with E-state index in [1.54, 1.807) is 6.92 Å². The molecule has 0 aromatic carbocycles. The Morgan fingerprint density at radius 3 is 2.71 bits per heavy atom. The number of carboxylic acids is 1. The van der Waals surface area contributed by atoms with Crippen LogP contribution >= 0.6 is 0 Å². The van der Waals surface area contributed by atoms with Gasteiger partial charge >= 0.3 is 12.0 Å². The standard InChI is InChI=1S/C11H20N2O4/c1-2-9(10(15)16)12-11(17)13-6-4-3-5-8(13)7-14/h8-9,14H,2-7H2,1H3,(H,12,17)(H,15,16)/t8?,9-/m0/s1. The van der Waals surface area contributed by atoms with Gasteiger partial charge in [-0.15, -0.1) is 0 Å². The number of urea groups is 1. The molecule has 0 saturated carbocycles. The van der Waals surface area contributed by atoms with Gasteiger partial charge in [0.2, 0.25) is 0 Å². The molecular weight excluding hydrogens is 224 g/mol. The minimum absolute atomic E-state index is 0.0721.